The van der Waals surface area contributed by atoms with E-state index in [9.17, 15) is 29.4 Å². The molecule has 5 unspecified atom stereocenters. The van der Waals surface area contributed by atoms with Gasteiger partial charge in [0.1, 0.15) is 18.1 Å². The number of aliphatic carboxylic acids is 1. The van der Waals surface area contributed by atoms with Crippen molar-refractivity contribution in [1.82, 2.24) is 16.0 Å². The maximum Gasteiger partial charge on any atom is 0.326 e. The quantitative estimate of drug-likeness (QED) is 0.152. The van der Waals surface area contributed by atoms with Crippen molar-refractivity contribution in [2.45, 2.75) is 90.6 Å². The smallest absolute Gasteiger partial charge is 0.326 e. The molecule has 5 atom stereocenters. The van der Waals surface area contributed by atoms with Crippen LogP contribution in [-0.2, 0) is 19.2 Å². The number of aliphatic hydroxyl groups excluding tert-OH is 1. The van der Waals surface area contributed by atoms with Crippen molar-refractivity contribution in [1.29, 1.82) is 0 Å². The lowest BCUT2D eigenvalue weighted by molar-refractivity contribution is -0.143. The van der Waals surface area contributed by atoms with E-state index in [1.165, 1.54) is 6.92 Å². The van der Waals surface area contributed by atoms with Crippen LogP contribution in [0.15, 0.2) is 0 Å². The van der Waals surface area contributed by atoms with Crippen molar-refractivity contribution < 1.29 is 29.4 Å². The number of aliphatic hydroxyl groups is 1. The second-order valence-corrected chi connectivity index (χ2v) is 8.88. The number of hydrogen-bond acceptors (Lipinski definition) is 7. The molecule has 11 heteroatoms. The highest BCUT2D eigenvalue weighted by Crippen LogP contribution is 2.08. The van der Waals surface area contributed by atoms with Gasteiger partial charge in [0.25, 0.3) is 0 Å². The highest BCUT2D eigenvalue weighted by atomic mass is 16.4. The van der Waals surface area contributed by atoms with Gasteiger partial charge in [-0.3, -0.25) is 14.4 Å². The first-order valence-corrected chi connectivity index (χ1v) is 11.1. The van der Waals surface area contributed by atoms with E-state index < -0.39 is 54.0 Å². The summed E-state index contributed by atoms with van der Waals surface area (Å²) in [6.45, 7) is 8.92. The van der Waals surface area contributed by atoms with Crippen LogP contribution in [0.2, 0.25) is 0 Å². The van der Waals surface area contributed by atoms with Gasteiger partial charge in [0.2, 0.25) is 17.7 Å². The predicted octanol–water partition coefficient (Wildman–Crippen LogP) is -0.935. The fourth-order valence-corrected chi connectivity index (χ4v) is 3.07. The number of nitrogens with one attached hydrogen (secondary N) is 3. The summed E-state index contributed by atoms with van der Waals surface area (Å²) in [6, 6.07) is -4.36. The lowest BCUT2D eigenvalue weighted by Crippen LogP contribution is -2.60. The summed E-state index contributed by atoms with van der Waals surface area (Å²) >= 11 is 0. The Hall–Kier alpha value is -2.24. The maximum atomic E-state index is 12.8. The Morgan fingerprint density at radius 3 is 1.81 bits per heavy atom. The molecule has 0 aliphatic heterocycles. The van der Waals surface area contributed by atoms with Gasteiger partial charge in [0.05, 0.1) is 12.1 Å². The van der Waals surface area contributed by atoms with Gasteiger partial charge in [-0.2, -0.15) is 0 Å². The summed E-state index contributed by atoms with van der Waals surface area (Å²) in [4.78, 5) is 49.3. The Morgan fingerprint density at radius 1 is 0.844 bits per heavy atom. The van der Waals surface area contributed by atoms with Crippen molar-refractivity contribution in [3.05, 3.63) is 0 Å². The van der Waals surface area contributed by atoms with Crippen molar-refractivity contribution in [2.75, 3.05) is 6.54 Å². The number of carbonyl (C=O) groups is 4. The average molecular weight is 460 g/mol. The van der Waals surface area contributed by atoms with Crippen molar-refractivity contribution in [2.24, 2.45) is 23.3 Å². The number of hydrogen-bond donors (Lipinski definition) is 7. The highest BCUT2D eigenvalue weighted by Gasteiger charge is 2.33. The van der Waals surface area contributed by atoms with Crippen molar-refractivity contribution >= 4 is 23.7 Å². The third-order valence-electron chi connectivity index (χ3n) is 4.93. The standard InChI is InChI=1S/C21H41N5O6/c1-11(2)10-14(23)18(28)26-17(13(5)27)20(30)25-16(12(3)4)19(29)24-15(21(31)32)8-6-7-9-22/h11-17,27H,6-10,22-23H2,1-5H3,(H,24,29)(H,25,30)(H,26,28)(H,31,32). The zero-order valence-corrected chi connectivity index (χ0v) is 19.8. The average Bonchev–Trinajstić information content (AvgIpc) is 2.67. The largest absolute Gasteiger partial charge is 0.480 e. The monoisotopic (exact) mass is 459 g/mol. The molecule has 0 aliphatic rings. The molecular weight excluding hydrogens is 418 g/mol. The summed E-state index contributed by atoms with van der Waals surface area (Å²) in [5, 5.41) is 26.8. The van der Waals surface area contributed by atoms with Gasteiger partial charge < -0.3 is 37.6 Å². The van der Waals surface area contributed by atoms with E-state index in [0.717, 1.165) is 0 Å². The van der Waals surface area contributed by atoms with E-state index in [0.29, 0.717) is 25.8 Å². The molecule has 3 amide bonds. The molecule has 0 saturated carbocycles. The second kappa shape index (κ2) is 14.8. The molecule has 0 aromatic rings. The molecule has 186 valence electrons. The van der Waals surface area contributed by atoms with Crippen LogP contribution in [0.1, 0.15) is 60.3 Å². The fourth-order valence-electron chi connectivity index (χ4n) is 3.07. The van der Waals surface area contributed by atoms with E-state index in [1.807, 2.05) is 13.8 Å². The SMILES string of the molecule is CC(C)CC(N)C(=O)NC(C(=O)NC(C(=O)NC(CCCCN)C(=O)O)C(C)C)C(C)O. The molecule has 9 N–H and O–H groups in total. The third kappa shape index (κ3) is 10.9. The Bertz CT molecular complexity index is 626. The Morgan fingerprint density at radius 2 is 1.38 bits per heavy atom. The van der Waals surface area contributed by atoms with Crippen LogP contribution in [0.5, 0.6) is 0 Å². The molecule has 0 spiro atoms. The molecule has 0 aromatic carbocycles. The van der Waals surface area contributed by atoms with Crippen LogP contribution >= 0.6 is 0 Å². The summed E-state index contributed by atoms with van der Waals surface area (Å²) in [7, 11) is 0. The Balaban J connectivity index is 5.28. The first-order chi connectivity index (χ1) is 14.8. The van der Waals surface area contributed by atoms with Crippen LogP contribution in [0, 0.1) is 11.8 Å². The van der Waals surface area contributed by atoms with Gasteiger partial charge >= 0.3 is 5.97 Å². The summed E-state index contributed by atoms with van der Waals surface area (Å²) in [5.41, 5.74) is 11.3. The topological polar surface area (TPSA) is 197 Å². The lowest BCUT2D eigenvalue weighted by atomic mass is 10.0. The summed E-state index contributed by atoms with van der Waals surface area (Å²) in [6.07, 6.45) is 0.511. The van der Waals surface area contributed by atoms with E-state index in [1.54, 1.807) is 13.8 Å². The van der Waals surface area contributed by atoms with Crippen molar-refractivity contribution in [3.63, 3.8) is 0 Å². The highest BCUT2D eigenvalue weighted by molar-refractivity contribution is 5.94. The summed E-state index contributed by atoms with van der Waals surface area (Å²) in [5.74, 6) is -3.43. The summed E-state index contributed by atoms with van der Waals surface area (Å²) < 4.78 is 0. The predicted molar refractivity (Wildman–Crippen MR) is 120 cm³/mol. The van der Waals surface area contributed by atoms with Gasteiger partial charge in [-0.15, -0.1) is 0 Å². The van der Waals surface area contributed by atoms with E-state index in [-0.39, 0.29) is 18.3 Å². The maximum absolute atomic E-state index is 12.8. The van der Waals surface area contributed by atoms with Gasteiger partial charge in [-0.1, -0.05) is 27.7 Å². The first-order valence-electron chi connectivity index (χ1n) is 11.1. The Labute approximate surface area is 190 Å². The molecule has 0 bridgehead atoms. The second-order valence-electron chi connectivity index (χ2n) is 8.88. The number of amides is 3. The van der Waals surface area contributed by atoms with E-state index in [4.69, 9.17) is 11.5 Å². The first kappa shape index (κ1) is 29.8. The zero-order valence-electron chi connectivity index (χ0n) is 19.8. The van der Waals surface area contributed by atoms with Crippen LogP contribution in [0.25, 0.3) is 0 Å². The molecule has 0 aromatic heterocycles. The number of rotatable bonds is 15. The number of nitrogens with two attached hydrogens (primary N) is 2. The fraction of sp³-hybridized carbons (Fsp3) is 0.810. The minimum absolute atomic E-state index is 0.163. The number of carboxylic acid groups (broad SMARTS) is 1. The molecule has 0 saturated heterocycles. The van der Waals surface area contributed by atoms with Gasteiger partial charge in [0, 0.05) is 0 Å². The number of unbranched alkanes of at least 4 members (excludes halogenated alkanes) is 1. The molecule has 0 aliphatic carbocycles. The van der Waals surface area contributed by atoms with E-state index >= 15 is 0 Å². The molecule has 11 nitrogen and oxygen atoms in total. The lowest BCUT2D eigenvalue weighted by Gasteiger charge is -2.28. The van der Waals surface area contributed by atoms with Crippen molar-refractivity contribution in [3.8, 4) is 0 Å². The molecule has 0 fully saturated rings. The molecule has 0 rings (SSSR count). The minimum atomic E-state index is -1.32. The zero-order chi connectivity index (χ0) is 25.0. The van der Waals surface area contributed by atoms with Crippen LogP contribution in [0.4, 0.5) is 0 Å². The third-order valence-corrected chi connectivity index (χ3v) is 4.93. The Kier molecular flexibility index (Phi) is 13.7. The molecule has 0 heterocycles. The number of carbonyl (C=O) groups excluding carboxylic acids is 3. The van der Waals surface area contributed by atoms with Crippen LogP contribution < -0.4 is 27.4 Å². The van der Waals surface area contributed by atoms with E-state index in [2.05, 4.69) is 16.0 Å². The number of carboxylic acids is 1. The normalized spacial score (nSPS) is 16.1. The molecule has 32 heavy (non-hydrogen) atoms. The van der Waals surface area contributed by atoms with Crippen LogP contribution in [-0.4, -0.2) is 70.7 Å². The van der Waals surface area contributed by atoms with Crippen LogP contribution in [0.3, 0.4) is 0 Å². The molecule has 0 radical (unpaired) electrons. The van der Waals surface area contributed by atoms with Gasteiger partial charge in [-0.25, -0.2) is 4.79 Å². The van der Waals surface area contributed by atoms with Gasteiger partial charge in [0.15, 0.2) is 0 Å². The van der Waals surface area contributed by atoms with Gasteiger partial charge in [-0.05, 0) is 51.0 Å². The molecular formula is C21H41N5O6. The minimum Gasteiger partial charge on any atom is -0.480 e.